The first-order valence-corrected chi connectivity index (χ1v) is 3.90. The third-order valence-electron chi connectivity index (χ3n) is 1.79. The molecule has 0 aliphatic carbocycles. The zero-order valence-electron chi connectivity index (χ0n) is 7.57. The Balaban J connectivity index is 3.24. The van der Waals surface area contributed by atoms with Crippen LogP contribution in [0.5, 0.6) is 0 Å². The molecule has 13 heavy (non-hydrogen) atoms. The molecule has 0 aromatic heterocycles. The van der Waals surface area contributed by atoms with Gasteiger partial charge in [0.25, 0.3) is 5.92 Å². The molecule has 0 radical (unpaired) electrons. The van der Waals surface area contributed by atoms with Crippen LogP contribution in [0.1, 0.15) is 12.5 Å². The highest BCUT2D eigenvalue weighted by Gasteiger charge is 2.27. The van der Waals surface area contributed by atoms with Crippen molar-refractivity contribution in [2.75, 3.05) is 18.1 Å². The van der Waals surface area contributed by atoms with Gasteiger partial charge in [-0.05, 0) is 18.2 Å². The van der Waals surface area contributed by atoms with Crippen molar-refractivity contribution in [3.8, 4) is 0 Å². The molecule has 0 atom stereocenters. The predicted molar refractivity (Wildman–Crippen MR) is 50.0 cm³/mol. The minimum atomic E-state index is -2.87. The van der Waals surface area contributed by atoms with E-state index < -0.39 is 5.92 Å². The van der Waals surface area contributed by atoms with E-state index in [1.807, 2.05) is 0 Å². The molecule has 0 aliphatic rings. The number of benzene rings is 1. The Bertz CT molecular complexity index is 305. The van der Waals surface area contributed by atoms with Gasteiger partial charge in [0.2, 0.25) is 0 Å². The van der Waals surface area contributed by atoms with Crippen molar-refractivity contribution in [3.63, 3.8) is 0 Å². The van der Waals surface area contributed by atoms with E-state index in [-0.39, 0.29) is 5.56 Å². The number of alkyl halides is 2. The van der Waals surface area contributed by atoms with Gasteiger partial charge in [-0.2, -0.15) is 0 Å². The second kappa shape index (κ2) is 3.20. The molecule has 0 amide bonds. The Morgan fingerprint density at radius 3 is 2.46 bits per heavy atom. The van der Waals surface area contributed by atoms with Gasteiger partial charge in [0.05, 0.1) is 0 Å². The average molecular weight is 186 g/mol. The minimum absolute atomic E-state index is 0.0741. The molecular weight excluding hydrogens is 174 g/mol. The van der Waals surface area contributed by atoms with Crippen molar-refractivity contribution >= 4 is 11.4 Å². The van der Waals surface area contributed by atoms with Crippen LogP contribution in [0.3, 0.4) is 0 Å². The number of anilines is 2. The van der Waals surface area contributed by atoms with Crippen molar-refractivity contribution in [2.45, 2.75) is 12.8 Å². The Morgan fingerprint density at radius 2 is 2.00 bits per heavy atom. The molecule has 2 nitrogen and oxygen atoms in total. The highest BCUT2D eigenvalue weighted by molar-refractivity contribution is 5.59. The highest BCUT2D eigenvalue weighted by atomic mass is 19.3. The largest absolute Gasteiger partial charge is 0.399 e. The molecule has 0 saturated carbocycles. The molecule has 72 valence electrons. The fourth-order valence-corrected chi connectivity index (χ4v) is 1.14. The molecule has 0 bridgehead atoms. The average Bonchev–Trinajstić information content (AvgIpc) is 2.03. The molecular formula is C9H12F2N2. The quantitative estimate of drug-likeness (QED) is 0.696. The van der Waals surface area contributed by atoms with Gasteiger partial charge < -0.3 is 11.1 Å². The zero-order chi connectivity index (χ0) is 10.1. The van der Waals surface area contributed by atoms with Crippen molar-refractivity contribution in [1.29, 1.82) is 0 Å². The summed E-state index contributed by atoms with van der Waals surface area (Å²) in [7, 11) is 1.60. The fraction of sp³-hybridized carbons (Fsp3) is 0.333. The van der Waals surface area contributed by atoms with Crippen molar-refractivity contribution in [1.82, 2.24) is 0 Å². The first-order chi connectivity index (χ1) is 5.95. The minimum Gasteiger partial charge on any atom is -0.399 e. The Morgan fingerprint density at radius 1 is 1.38 bits per heavy atom. The molecule has 4 heteroatoms. The summed E-state index contributed by atoms with van der Waals surface area (Å²) in [5, 5.41) is 2.69. The molecule has 1 aromatic rings. The number of hydrogen-bond acceptors (Lipinski definition) is 2. The van der Waals surface area contributed by atoms with Gasteiger partial charge in [0, 0.05) is 30.9 Å². The van der Waals surface area contributed by atoms with E-state index in [9.17, 15) is 8.78 Å². The summed E-state index contributed by atoms with van der Waals surface area (Å²) in [6.07, 6.45) is 0. The lowest BCUT2D eigenvalue weighted by Gasteiger charge is -2.15. The fourth-order valence-electron chi connectivity index (χ4n) is 1.14. The van der Waals surface area contributed by atoms with E-state index in [4.69, 9.17) is 5.73 Å². The molecule has 0 heterocycles. The number of hydrogen-bond donors (Lipinski definition) is 2. The van der Waals surface area contributed by atoms with Crippen LogP contribution >= 0.6 is 0 Å². The van der Waals surface area contributed by atoms with Crippen LogP contribution < -0.4 is 11.1 Å². The maximum Gasteiger partial charge on any atom is 0.272 e. The summed E-state index contributed by atoms with van der Waals surface area (Å²) in [6, 6.07) is 4.41. The molecule has 0 unspecified atom stereocenters. The molecule has 0 aliphatic heterocycles. The number of nitrogens with two attached hydrogens (primary N) is 1. The van der Waals surface area contributed by atoms with Gasteiger partial charge in [-0.15, -0.1) is 0 Å². The molecule has 1 aromatic carbocycles. The summed E-state index contributed by atoms with van der Waals surface area (Å²) in [5.41, 5.74) is 6.09. The second-order valence-electron chi connectivity index (χ2n) is 2.94. The zero-order valence-corrected chi connectivity index (χ0v) is 7.57. The monoisotopic (exact) mass is 186 g/mol. The van der Waals surface area contributed by atoms with Crippen LogP contribution in [0.4, 0.5) is 20.2 Å². The molecule has 1 rings (SSSR count). The van der Waals surface area contributed by atoms with Gasteiger partial charge >= 0.3 is 0 Å². The maximum atomic E-state index is 13.0. The number of nitrogen functional groups attached to an aromatic ring is 1. The van der Waals surface area contributed by atoms with Crippen molar-refractivity contribution < 1.29 is 8.78 Å². The van der Waals surface area contributed by atoms with Crippen LogP contribution in [-0.4, -0.2) is 7.05 Å². The highest BCUT2D eigenvalue weighted by Crippen LogP contribution is 2.33. The third-order valence-corrected chi connectivity index (χ3v) is 1.79. The van der Waals surface area contributed by atoms with Crippen molar-refractivity contribution in [3.05, 3.63) is 23.8 Å². The lowest BCUT2D eigenvalue weighted by molar-refractivity contribution is 0.0183. The standard InChI is InChI=1S/C9H12F2N2/c1-9(10,11)7-5-6(12)3-4-8(7)13-2/h3-5,13H,12H2,1-2H3. The van der Waals surface area contributed by atoms with Crippen LogP contribution in [0.2, 0.25) is 0 Å². The summed E-state index contributed by atoms with van der Waals surface area (Å²) in [4.78, 5) is 0. The van der Waals surface area contributed by atoms with E-state index in [0.717, 1.165) is 6.92 Å². The van der Waals surface area contributed by atoms with Gasteiger partial charge in [-0.25, -0.2) is 8.78 Å². The number of nitrogens with one attached hydrogen (secondary N) is 1. The van der Waals surface area contributed by atoms with Crippen LogP contribution in [0.15, 0.2) is 18.2 Å². The maximum absolute atomic E-state index is 13.0. The van der Waals surface area contributed by atoms with Gasteiger partial charge in [0.15, 0.2) is 0 Å². The molecule has 0 saturated heterocycles. The van der Waals surface area contributed by atoms with Crippen LogP contribution in [-0.2, 0) is 5.92 Å². The molecule has 3 N–H and O–H groups in total. The first kappa shape index (κ1) is 9.77. The Labute approximate surface area is 75.7 Å². The lowest BCUT2D eigenvalue weighted by atomic mass is 10.1. The Hall–Kier alpha value is -1.32. The summed E-state index contributed by atoms with van der Waals surface area (Å²) < 4.78 is 26.0. The topological polar surface area (TPSA) is 38.0 Å². The predicted octanol–water partition coefficient (Wildman–Crippen LogP) is 2.42. The number of rotatable bonds is 2. The van der Waals surface area contributed by atoms with Gasteiger partial charge in [0.1, 0.15) is 0 Å². The first-order valence-electron chi connectivity index (χ1n) is 3.90. The van der Waals surface area contributed by atoms with E-state index >= 15 is 0 Å². The lowest BCUT2D eigenvalue weighted by Crippen LogP contribution is -2.11. The second-order valence-corrected chi connectivity index (χ2v) is 2.94. The van der Waals surface area contributed by atoms with E-state index in [1.54, 1.807) is 19.2 Å². The van der Waals surface area contributed by atoms with E-state index in [1.165, 1.54) is 6.07 Å². The molecule has 0 fully saturated rings. The summed E-state index contributed by atoms with van der Waals surface area (Å²) in [5.74, 6) is -2.87. The van der Waals surface area contributed by atoms with Crippen molar-refractivity contribution in [2.24, 2.45) is 0 Å². The van der Waals surface area contributed by atoms with E-state index in [0.29, 0.717) is 11.4 Å². The van der Waals surface area contributed by atoms with Gasteiger partial charge in [-0.3, -0.25) is 0 Å². The summed E-state index contributed by atoms with van der Waals surface area (Å²) >= 11 is 0. The number of halogens is 2. The summed E-state index contributed by atoms with van der Waals surface area (Å²) in [6.45, 7) is 0.850. The Kier molecular flexibility index (Phi) is 2.40. The molecule has 0 spiro atoms. The third kappa shape index (κ3) is 2.08. The van der Waals surface area contributed by atoms with E-state index in [2.05, 4.69) is 5.32 Å². The van der Waals surface area contributed by atoms with Crippen LogP contribution in [0, 0.1) is 0 Å². The van der Waals surface area contributed by atoms with Gasteiger partial charge in [-0.1, -0.05) is 0 Å². The van der Waals surface area contributed by atoms with Crippen LogP contribution in [0.25, 0.3) is 0 Å². The normalized spacial score (nSPS) is 11.4. The smallest absolute Gasteiger partial charge is 0.272 e. The SMILES string of the molecule is CNc1ccc(N)cc1C(C)(F)F.